The number of amides is 3. The fourth-order valence-electron chi connectivity index (χ4n) is 3.13. The highest BCUT2D eigenvalue weighted by Gasteiger charge is 2.35. The molecule has 0 aromatic heterocycles. The molecule has 8 heteroatoms. The number of carbonyl (C=O) groups is 2. The van der Waals surface area contributed by atoms with E-state index in [1.54, 1.807) is 13.0 Å². The second-order valence-electron chi connectivity index (χ2n) is 6.42. The van der Waals surface area contributed by atoms with Crippen LogP contribution in [0.2, 0.25) is 0 Å². The Bertz CT molecular complexity index is 1020. The molecule has 150 valence electrons. The highest BCUT2D eigenvalue weighted by atomic mass is 19.2. The van der Waals surface area contributed by atoms with Crippen LogP contribution in [0.1, 0.15) is 18.5 Å². The summed E-state index contributed by atoms with van der Waals surface area (Å²) in [7, 11) is 0. The van der Waals surface area contributed by atoms with E-state index in [0.717, 1.165) is 12.1 Å². The Kier molecular flexibility index (Phi) is 5.72. The first kappa shape index (κ1) is 20.2. The summed E-state index contributed by atoms with van der Waals surface area (Å²) in [6, 6.07) is 7.06. The van der Waals surface area contributed by atoms with Crippen molar-refractivity contribution in [2.45, 2.75) is 13.0 Å². The van der Waals surface area contributed by atoms with Gasteiger partial charge in [-0.05, 0) is 36.8 Å². The molecule has 5 nitrogen and oxygen atoms in total. The van der Waals surface area contributed by atoms with Crippen molar-refractivity contribution in [2.24, 2.45) is 0 Å². The van der Waals surface area contributed by atoms with Crippen molar-refractivity contribution in [3.63, 3.8) is 0 Å². The van der Waals surface area contributed by atoms with Gasteiger partial charge in [-0.2, -0.15) is 0 Å². The van der Waals surface area contributed by atoms with Crippen LogP contribution in [0, 0.1) is 17.5 Å². The predicted octanol–water partition coefficient (Wildman–Crippen LogP) is 4.27. The van der Waals surface area contributed by atoms with Gasteiger partial charge in [0.15, 0.2) is 11.6 Å². The molecule has 1 atom stereocenters. The van der Waals surface area contributed by atoms with Crippen LogP contribution in [0.3, 0.4) is 0 Å². The van der Waals surface area contributed by atoms with Crippen LogP contribution < -0.4 is 10.6 Å². The molecule has 0 radical (unpaired) electrons. The minimum atomic E-state index is -1.11. The number of benzene rings is 2. The van der Waals surface area contributed by atoms with Crippen molar-refractivity contribution < 1.29 is 22.8 Å². The van der Waals surface area contributed by atoms with Crippen molar-refractivity contribution in [2.75, 3.05) is 11.9 Å². The molecule has 3 amide bonds. The van der Waals surface area contributed by atoms with E-state index in [2.05, 4.69) is 17.2 Å². The molecule has 0 unspecified atom stereocenters. The lowest BCUT2D eigenvalue weighted by Gasteiger charge is -2.35. The maximum Gasteiger partial charge on any atom is 0.322 e. The Morgan fingerprint density at radius 3 is 2.62 bits per heavy atom. The summed E-state index contributed by atoms with van der Waals surface area (Å²) in [6.45, 7) is 5.32. The van der Waals surface area contributed by atoms with E-state index in [4.69, 9.17) is 0 Å². The van der Waals surface area contributed by atoms with Crippen molar-refractivity contribution in [3.05, 3.63) is 89.4 Å². The molecule has 0 aliphatic carbocycles. The summed E-state index contributed by atoms with van der Waals surface area (Å²) in [5.74, 6) is -3.32. The average Bonchev–Trinajstić information content (AvgIpc) is 2.67. The minimum Gasteiger partial charge on any atom is -0.326 e. The summed E-state index contributed by atoms with van der Waals surface area (Å²) in [5.41, 5.74) is 0.885. The van der Waals surface area contributed by atoms with Gasteiger partial charge in [0.25, 0.3) is 5.91 Å². The molecule has 1 aliphatic heterocycles. The molecule has 3 rings (SSSR count). The standard InChI is InChI=1S/C21H18F3N3O2/c1-3-9-27-12(2)18(20(28)25-15-7-8-16(23)17(24)11-15)19(26-21(27)29)13-5-4-6-14(22)10-13/h3-8,10-11,19H,1,9H2,2H3,(H,25,28)(H,26,29)/t19-/m0/s1. The van der Waals surface area contributed by atoms with Crippen molar-refractivity contribution in [1.82, 2.24) is 10.2 Å². The van der Waals surface area contributed by atoms with Crippen LogP contribution in [0.4, 0.5) is 23.7 Å². The van der Waals surface area contributed by atoms with Crippen LogP contribution in [-0.2, 0) is 4.79 Å². The molecule has 2 N–H and O–H groups in total. The Labute approximate surface area is 165 Å². The molecule has 2 aromatic rings. The molecular formula is C21H18F3N3O2. The lowest BCUT2D eigenvalue weighted by atomic mass is 9.94. The van der Waals surface area contributed by atoms with E-state index in [9.17, 15) is 22.8 Å². The maximum atomic E-state index is 13.7. The van der Waals surface area contributed by atoms with Gasteiger partial charge in [-0.25, -0.2) is 18.0 Å². The zero-order valence-corrected chi connectivity index (χ0v) is 15.5. The summed E-state index contributed by atoms with van der Waals surface area (Å²) in [5, 5.41) is 5.18. The predicted molar refractivity (Wildman–Crippen MR) is 102 cm³/mol. The van der Waals surface area contributed by atoms with Gasteiger partial charge in [0.05, 0.1) is 11.6 Å². The van der Waals surface area contributed by atoms with E-state index in [1.807, 2.05) is 0 Å². The number of rotatable bonds is 5. The van der Waals surface area contributed by atoms with Gasteiger partial charge in [0.2, 0.25) is 0 Å². The van der Waals surface area contributed by atoms with Gasteiger partial charge in [-0.3, -0.25) is 9.69 Å². The third-order valence-corrected chi connectivity index (χ3v) is 4.51. The van der Waals surface area contributed by atoms with Crippen molar-refractivity contribution >= 4 is 17.6 Å². The van der Waals surface area contributed by atoms with Gasteiger partial charge < -0.3 is 10.6 Å². The van der Waals surface area contributed by atoms with Gasteiger partial charge >= 0.3 is 6.03 Å². The minimum absolute atomic E-state index is 0.0411. The highest BCUT2D eigenvalue weighted by molar-refractivity contribution is 6.06. The second kappa shape index (κ2) is 8.22. The van der Waals surface area contributed by atoms with Gasteiger partial charge in [-0.1, -0.05) is 18.2 Å². The molecule has 0 fully saturated rings. The average molecular weight is 401 g/mol. The van der Waals surface area contributed by atoms with E-state index in [-0.39, 0.29) is 17.8 Å². The number of hydrogen-bond donors (Lipinski definition) is 2. The van der Waals surface area contributed by atoms with Crippen LogP contribution in [0.25, 0.3) is 0 Å². The lowest BCUT2D eigenvalue weighted by Crippen LogP contribution is -2.48. The molecule has 0 saturated heterocycles. The molecule has 1 heterocycles. The quantitative estimate of drug-likeness (QED) is 0.735. The fraction of sp³-hybridized carbons (Fsp3) is 0.143. The molecule has 0 spiro atoms. The van der Waals surface area contributed by atoms with Gasteiger partial charge in [0, 0.05) is 24.0 Å². The summed E-state index contributed by atoms with van der Waals surface area (Å²) < 4.78 is 40.4. The van der Waals surface area contributed by atoms with Crippen molar-refractivity contribution in [3.8, 4) is 0 Å². The number of nitrogens with one attached hydrogen (secondary N) is 2. The third kappa shape index (κ3) is 4.16. The first-order valence-electron chi connectivity index (χ1n) is 8.73. The molecule has 29 heavy (non-hydrogen) atoms. The molecule has 1 aliphatic rings. The zero-order valence-electron chi connectivity index (χ0n) is 15.5. The number of urea groups is 1. The van der Waals surface area contributed by atoms with E-state index in [0.29, 0.717) is 11.3 Å². The molecule has 0 bridgehead atoms. The monoisotopic (exact) mass is 401 g/mol. The Hall–Kier alpha value is -3.55. The second-order valence-corrected chi connectivity index (χ2v) is 6.42. The van der Waals surface area contributed by atoms with Crippen LogP contribution in [0.15, 0.2) is 66.4 Å². The topological polar surface area (TPSA) is 61.4 Å². The van der Waals surface area contributed by atoms with E-state index in [1.165, 1.54) is 35.2 Å². The number of allylic oxidation sites excluding steroid dienone is 1. The number of anilines is 1. The molecular weight excluding hydrogens is 383 g/mol. The van der Waals surface area contributed by atoms with Gasteiger partial charge in [-0.15, -0.1) is 6.58 Å². The van der Waals surface area contributed by atoms with E-state index < -0.39 is 35.4 Å². The maximum absolute atomic E-state index is 13.7. The van der Waals surface area contributed by atoms with Crippen LogP contribution in [-0.4, -0.2) is 23.4 Å². The summed E-state index contributed by atoms with van der Waals surface area (Å²) in [4.78, 5) is 26.8. The van der Waals surface area contributed by atoms with Gasteiger partial charge in [0.1, 0.15) is 5.82 Å². The first-order chi connectivity index (χ1) is 13.8. The number of carbonyl (C=O) groups excluding carboxylic acids is 2. The van der Waals surface area contributed by atoms with E-state index >= 15 is 0 Å². The Morgan fingerprint density at radius 1 is 1.21 bits per heavy atom. The lowest BCUT2D eigenvalue weighted by molar-refractivity contribution is -0.113. The molecule has 2 aromatic carbocycles. The fourth-order valence-corrected chi connectivity index (χ4v) is 3.13. The third-order valence-electron chi connectivity index (χ3n) is 4.51. The van der Waals surface area contributed by atoms with Crippen LogP contribution >= 0.6 is 0 Å². The highest BCUT2D eigenvalue weighted by Crippen LogP contribution is 2.31. The summed E-state index contributed by atoms with van der Waals surface area (Å²) in [6.07, 6.45) is 1.50. The summed E-state index contributed by atoms with van der Waals surface area (Å²) >= 11 is 0. The number of nitrogens with zero attached hydrogens (tertiary/aromatic N) is 1. The first-order valence-corrected chi connectivity index (χ1v) is 8.73. The number of halogens is 3. The molecule has 0 saturated carbocycles. The Morgan fingerprint density at radius 2 is 1.97 bits per heavy atom. The Balaban J connectivity index is 2.04. The van der Waals surface area contributed by atoms with Crippen LogP contribution in [0.5, 0.6) is 0 Å². The van der Waals surface area contributed by atoms with Crippen molar-refractivity contribution in [1.29, 1.82) is 0 Å². The smallest absolute Gasteiger partial charge is 0.322 e. The number of hydrogen-bond acceptors (Lipinski definition) is 2. The largest absolute Gasteiger partial charge is 0.326 e. The SMILES string of the molecule is C=CCN1C(=O)N[C@@H](c2cccc(F)c2)C(C(=O)Nc2ccc(F)c(F)c2)=C1C. The normalized spacial score (nSPS) is 16.5. The zero-order chi connectivity index (χ0) is 21.1.